The van der Waals surface area contributed by atoms with E-state index in [0.717, 1.165) is 18.6 Å². The first-order valence-electron chi connectivity index (χ1n) is 8.40. The lowest BCUT2D eigenvalue weighted by molar-refractivity contribution is -0.140. The van der Waals surface area contributed by atoms with Crippen LogP contribution in [0.5, 0.6) is 0 Å². The van der Waals surface area contributed by atoms with Gasteiger partial charge in [-0.15, -0.1) is 0 Å². The summed E-state index contributed by atoms with van der Waals surface area (Å²) in [5.74, 6) is 2.02. The van der Waals surface area contributed by atoms with Crippen molar-refractivity contribution in [1.82, 2.24) is 14.8 Å². The largest absolute Gasteiger partial charge is 0.444 e. The number of halogens is 1. The molecule has 6 nitrogen and oxygen atoms in total. The molecule has 0 N–H and O–H groups in total. The molecule has 1 aliphatic carbocycles. The SMILES string of the molecule is O=C([C@@H]1C[C@@H](F)CN1Cc1ncc(C2CC2)o1)N1CCOCC1. The van der Waals surface area contributed by atoms with Gasteiger partial charge in [0.1, 0.15) is 11.9 Å². The summed E-state index contributed by atoms with van der Waals surface area (Å²) in [5.41, 5.74) is 0. The van der Waals surface area contributed by atoms with E-state index in [2.05, 4.69) is 4.98 Å². The number of carbonyl (C=O) groups is 1. The number of ether oxygens (including phenoxy) is 1. The van der Waals surface area contributed by atoms with E-state index >= 15 is 0 Å². The zero-order valence-corrected chi connectivity index (χ0v) is 13.1. The van der Waals surface area contributed by atoms with Gasteiger partial charge in [-0.2, -0.15) is 0 Å². The molecule has 0 aromatic carbocycles. The fourth-order valence-electron chi connectivity index (χ4n) is 3.40. The molecule has 0 unspecified atom stereocenters. The molecule has 0 bridgehead atoms. The summed E-state index contributed by atoms with van der Waals surface area (Å²) in [6.07, 6.45) is 3.37. The summed E-state index contributed by atoms with van der Waals surface area (Å²) >= 11 is 0. The lowest BCUT2D eigenvalue weighted by atomic mass is 10.1. The molecule has 2 atom stereocenters. The first-order valence-corrected chi connectivity index (χ1v) is 8.40. The number of carbonyl (C=O) groups excluding carboxylic acids is 1. The predicted molar refractivity (Wildman–Crippen MR) is 79.6 cm³/mol. The number of oxazole rings is 1. The van der Waals surface area contributed by atoms with E-state index < -0.39 is 12.2 Å². The third-order valence-electron chi connectivity index (χ3n) is 4.85. The van der Waals surface area contributed by atoms with Crippen molar-refractivity contribution < 1.29 is 18.3 Å². The molecule has 126 valence electrons. The van der Waals surface area contributed by atoms with Gasteiger partial charge in [0.2, 0.25) is 11.8 Å². The van der Waals surface area contributed by atoms with Gasteiger partial charge in [0.25, 0.3) is 0 Å². The number of likely N-dealkylation sites (tertiary alicyclic amines) is 1. The van der Waals surface area contributed by atoms with E-state index in [1.807, 2.05) is 4.90 Å². The summed E-state index contributed by atoms with van der Waals surface area (Å²) in [7, 11) is 0. The number of morpholine rings is 1. The van der Waals surface area contributed by atoms with Crippen LogP contribution in [0.1, 0.15) is 36.8 Å². The van der Waals surface area contributed by atoms with Crippen LogP contribution in [0.15, 0.2) is 10.6 Å². The highest BCUT2D eigenvalue weighted by Crippen LogP contribution is 2.40. The monoisotopic (exact) mass is 323 g/mol. The summed E-state index contributed by atoms with van der Waals surface area (Å²) in [6.45, 7) is 2.95. The third kappa shape index (κ3) is 3.26. The lowest BCUT2D eigenvalue weighted by Crippen LogP contribution is -2.49. The van der Waals surface area contributed by atoms with Crippen LogP contribution in [-0.4, -0.2) is 65.8 Å². The summed E-state index contributed by atoms with van der Waals surface area (Å²) in [5, 5.41) is 0. The maximum absolute atomic E-state index is 13.9. The van der Waals surface area contributed by atoms with Crippen molar-refractivity contribution in [2.24, 2.45) is 0 Å². The second kappa shape index (κ2) is 6.20. The van der Waals surface area contributed by atoms with Crippen LogP contribution in [0.3, 0.4) is 0 Å². The Bertz CT molecular complexity index is 569. The van der Waals surface area contributed by atoms with Crippen LogP contribution in [0, 0.1) is 0 Å². The molecular formula is C16H22FN3O3. The molecule has 2 saturated heterocycles. The zero-order chi connectivity index (χ0) is 15.8. The summed E-state index contributed by atoms with van der Waals surface area (Å²) in [4.78, 5) is 20.6. The average molecular weight is 323 g/mol. The normalized spacial score (nSPS) is 29.2. The third-order valence-corrected chi connectivity index (χ3v) is 4.85. The van der Waals surface area contributed by atoms with Gasteiger partial charge < -0.3 is 14.1 Å². The fraction of sp³-hybridized carbons (Fsp3) is 0.750. The lowest BCUT2D eigenvalue weighted by Gasteiger charge is -2.31. The molecular weight excluding hydrogens is 301 g/mol. The highest BCUT2D eigenvalue weighted by atomic mass is 19.1. The smallest absolute Gasteiger partial charge is 0.240 e. The van der Waals surface area contributed by atoms with E-state index in [-0.39, 0.29) is 18.9 Å². The molecule has 4 rings (SSSR count). The van der Waals surface area contributed by atoms with E-state index in [4.69, 9.17) is 9.15 Å². The van der Waals surface area contributed by atoms with Gasteiger partial charge in [-0.1, -0.05) is 0 Å². The Balaban J connectivity index is 1.43. The van der Waals surface area contributed by atoms with E-state index in [1.165, 1.54) is 0 Å². The maximum Gasteiger partial charge on any atom is 0.240 e. The minimum absolute atomic E-state index is 0.00224. The van der Waals surface area contributed by atoms with Gasteiger partial charge in [0.15, 0.2) is 0 Å². The topological polar surface area (TPSA) is 58.8 Å². The van der Waals surface area contributed by atoms with Crippen LogP contribution in [0.4, 0.5) is 4.39 Å². The number of alkyl halides is 1. The Labute approximate surface area is 134 Å². The minimum atomic E-state index is -0.970. The Morgan fingerprint density at radius 3 is 2.87 bits per heavy atom. The maximum atomic E-state index is 13.9. The van der Waals surface area contributed by atoms with Gasteiger partial charge in [-0.25, -0.2) is 9.37 Å². The number of hydrogen-bond donors (Lipinski definition) is 0. The average Bonchev–Trinajstić information content (AvgIpc) is 3.21. The zero-order valence-electron chi connectivity index (χ0n) is 13.1. The Morgan fingerprint density at radius 1 is 1.35 bits per heavy atom. The molecule has 1 aromatic heterocycles. The van der Waals surface area contributed by atoms with Crippen LogP contribution < -0.4 is 0 Å². The predicted octanol–water partition coefficient (Wildman–Crippen LogP) is 1.32. The number of hydrogen-bond acceptors (Lipinski definition) is 5. The van der Waals surface area contributed by atoms with Crippen LogP contribution in [0.25, 0.3) is 0 Å². The van der Waals surface area contributed by atoms with Crippen molar-refractivity contribution in [1.29, 1.82) is 0 Å². The molecule has 3 fully saturated rings. The van der Waals surface area contributed by atoms with Gasteiger partial charge in [0, 0.05) is 32.0 Å². The molecule has 2 aliphatic heterocycles. The molecule has 7 heteroatoms. The standard InChI is InChI=1S/C16H22FN3O3/c17-12-7-13(16(21)19-3-5-22-6-4-19)20(9-12)10-15-18-8-14(23-15)11-1-2-11/h8,11-13H,1-7,9-10H2/t12-,13+/m1/s1. The van der Waals surface area contributed by atoms with Crippen molar-refractivity contribution in [3.05, 3.63) is 17.8 Å². The van der Waals surface area contributed by atoms with E-state index in [0.29, 0.717) is 44.7 Å². The minimum Gasteiger partial charge on any atom is -0.444 e. The quantitative estimate of drug-likeness (QED) is 0.836. The molecule has 23 heavy (non-hydrogen) atoms. The Kier molecular flexibility index (Phi) is 4.07. The van der Waals surface area contributed by atoms with Gasteiger partial charge >= 0.3 is 0 Å². The van der Waals surface area contributed by atoms with Crippen LogP contribution >= 0.6 is 0 Å². The van der Waals surface area contributed by atoms with Crippen molar-refractivity contribution in [2.75, 3.05) is 32.8 Å². The van der Waals surface area contributed by atoms with Gasteiger partial charge in [-0.3, -0.25) is 9.69 Å². The van der Waals surface area contributed by atoms with Crippen molar-refractivity contribution >= 4 is 5.91 Å². The second-order valence-corrected chi connectivity index (χ2v) is 6.65. The van der Waals surface area contributed by atoms with Crippen LogP contribution in [0.2, 0.25) is 0 Å². The Hall–Kier alpha value is -1.47. The molecule has 0 radical (unpaired) electrons. The number of nitrogens with zero attached hydrogens (tertiary/aromatic N) is 3. The first kappa shape index (κ1) is 15.1. The summed E-state index contributed by atoms with van der Waals surface area (Å²) in [6, 6.07) is -0.417. The second-order valence-electron chi connectivity index (χ2n) is 6.65. The number of rotatable bonds is 4. The Morgan fingerprint density at radius 2 is 2.13 bits per heavy atom. The van der Waals surface area contributed by atoms with Gasteiger partial charge in [-0.05, 0) is 12.8 Å². The fourth-order valence-corrected chi connectivity index (χ4v) is 3.40. The molecule has 1 saturated carbocycles. The number of amides is 1. The highest BCUT2D eigenvalue weighted by Gasteiger charge is 2.40. The van der Waals surface area contributed by atoms with E-state index in [1.54, 1.807) is 11.1 Å². The molecule has 0 spiro atoms. The molecule has 3 aliphatic rings. The number of aromatic nitrogens is 1. The van der Waals surface area contributed by atoms with Crippen molar-refractivity contribution in [3.63, 3.8) is 0 Å². The molecule has 1 aromatic rings. The molecule has 3 heterocycles. The highest BCUT2D eigenvalue weighted by molar-refractivity contribution is 5.82. The van der Waals surface area contributed by atoms with E-state index in [9.17, 15) is 9.18 Å². The van der Waals surface area contributed by atoms with Crippen LogP contribution in [-0.2, 0) is 16.1 Å². The first-order chi connectivity index (χ1) is 11.2. The summed E-state index contributed by atoms with van der Waals surface area (Å²) < 4.78 is 24.9. The van der Waals surface area contributed by atoms with Crippen molar-refractivity contribution in [2.45, 2.75) is 43.9 Å². The van der Waals surface area contributed by atoms with Gasteiger partial charge in [0.05, 0.1) is 32.0 Å². The molecule has 1 amide bonds. The van der Waals surface area contributed by atoms with Crippen molar-refractivity contribution in [3.8, 4) is 0 Å².